The number of allylic oxidation sites excluding steroid dienone is 2. The van der Waals surface area contributed by atoms with Crippen LogP contribution < -0.4 is 5.56 Å². The van der Waals surface area contributed by atoms with Gasteiger partial charge in [0, 0.05) is 11.8 Å². The Kier molecular flexibility index (Phi) is 12.8. The van der Waals surface area contributed by atoms with Crippen LogP contribution in [0.4, 0.5) is 0 Å². The molecular weight excluding hydrogens is 427 g/mol. The lowest BCUT2D eigenvalue weighted by molar-refractivity contribution is 0.607. The number of benzene rings is 1. The van der Waals surface area contributed by atoms with E-state index in [0.717, 1.165) is 18.5 Å². The number of nitrogens with one attached hydrogen (secondary N) is 1. The third kappa shape index (κ3) is 9.70. The highest BCUT2D eigenvalue weighted by Gasteiger charge is 2.12. The Labute approximate surface area is 197 Å². The van der Waals surface area contributed by atoms with Crippen LogP contribution in [0.3, 0.4) is 0 Å². The van der Waals surface area contributed by atoms with Gasteiger partial charge in [0.1, 0.15) is 5.69 Å². The van der Waals surface area contributed by atoms with Crippen molar-refractivity contribution < 1.29 is 0 Å². The third-order valence-electron chi connectivity index (χ3n) is 5.64. The van der Waals surface area contributed by atoms with E-state index < -0.39 is 0 Å². The fraction of sp³-hybridized carbons (Fsp3) is 0.577. The van der Waals surface area contributed by atoms with Gasteiger partial charge in [-0.3, -0.25) is 9.89 Å². The molecule has 0 unspecified atom stereocenters. The van der Waals surface area contributed by atoms with E-state index in [1.807, 2.05) is 0 Å². The summed E-state index contributed by atoms with van der Waals surface area (Å²) in [5.74, 6) is 0. The van der Waals surface area contributed by atoms with Crippen molar-refractivity contribution in [1.29, 1.82) is 0 Å². The summed E-state index contributed by atoms with van der Waals surface area (Å²) in [7, 11) is 0. The van der Waals surface area contributed by atoms with Gasteiger partial charge in [-0.1, -0.05) is 99.7 Å². The smallest absolute Gasteiger partial charge is 0.271 e. The van der Waals surface area contributed by atoms with Gasteiger partial charge in [-0.25, -0.2) is 4.68 Å². The summed E-state index contributed by atoms with van der Waals surface area (Å²) in [6.45, 7) is 2.27. The van der Waals surface area contributed by atoms with Gasteiger partial charge in [0.15, 0.2) is 0 Å². The molecule has 0 amide bonds. The van der Waals surface area contributed by atoms with Crippen LogP contribution in [0.2, 0.25) is 10.0 Å². The van der Waals surface area contributed by atoms with Gasteiger partial charge in [-0.2, -0.15) is 0 Å². The van der Waals surface area contributed by atoms with E-state index in [0.29, 0.717) is 15.7 Å². The average Bonchev–Trinajstić information content (AvgIpc) is 3.11. The zero-order chi connectivity index (χ0) is 22.3. The predicted octanol–water partition coefficient (Wildman–Crippen LogP) is 8.66. The standard InChI is InChI=1S/C26H38Cl2N2O/c1-2-3-4-5-6-7-8-9-10-11-12-13-14-15-16-18-22-21-25(31)30(29-22)26-23(27)19-17-20-24(26)28/h9-10,17,19-21,29H,2-8,11-16,18H2,1H3/b10-9-. The molecule has 2 aromatic rings. The number of para-hydroxylation sites is 1. The van der Waals surface area contributed by atoms with Crippen LogP contribution >= 0.6 is 23.2 Å². The number of hydrogen-bond donors (Lipinski definition) is 1. The largest absolute Gasteiger partial charge is 0.295 e. The van der Waals surface area contributed by atoms with Crippen molar-refractivity contribution in [3.05, 3.63) is 62.5 Å². The van der Waals surface area contributed by atoms with Crippen molar-refractivity contribution in [2.75, 3.05) is 0 Å². The molecule has 172 valence electrons. The van der Waals surface area contributed by atoms with Crippen molar-refractivity contribution in [2.45, 2.75) is 96.8 Å². The molecule has 0 aliphatic carbocycles. The van der Waals surface area contributed by atoms with Gasteiger partial charge < -0.3 is 0 Å². The number of halogens is 2. The van der Waals surface area contributed by atoms with Crippen molar-refractivity contribution in [3.63, 3.8) is 0 Å². The lowest BCUT2D eigenvalue weighted by Gasteiger charge is -2.07. The Morgan fingerprint density at radius 3 is 2.00 bits per heavy atom. The fourth-order valence-corrected chi connectivity index (χ4v) is 4.39. The lowest BCUT2D eigenvalue weighted by atomic mass is 10.1. The first-order chi connectivity index (χ1) is 15.1. The molecule has 0 aliphatic heterocycles. The molecule has 0 radical (unpaired) electrons. The molecule has 1 heterocycles. The maximum absolute atomic E-state index is 12.3. The van der Waals surface area contributed by atoms with Gasteiger partial charge in [-0.05, 0) is 50.7 Å². The molecule has 0 aliphatic rings. The summed E-state index contributed by atoms with van der Waals surface area (Å²) in [4.78, 5) is 12.3. The predicted molar refractivity (Wildman–Crippen MR) is 135 cm³/mol. The second kappa shape index (κ2) is 15.4. The van der Waals surface area contributed by atoms with E-state index in [4.69, 9.17) is 23.2 Å². The molecule has 31 heavy (non-hydrogen) atoms. The maximum atomic E-state index is 12.3. The van der Waals surface area contributed by atoms with Crippen molar-refractivity contribution >= 4 is 23.2 Å². The first-order valence-corrected chi connectivity index (χ1v) is 12.8. The summed E-state index contributed by atoms with van der Waals surface area (Å²) in [5, 5.41) is 4.08. The highest BCUT2D eigenvalue weighted by Crippen LogP contribution is 2.26. The number of rotatable bonds is 16. The highest BCUT2D eigenvalue weighted by atomic mass is 35.5. The van der Waals surface area contributed by atoms with Crippen molar-refractivity contribution in [1.82, 2.24) is 9.78 Å². The molecular formula is C26H38Cl2N2O. The quantitative estimate of drug-likeness (QED) is 0.195. The third-order valence-corrected chi connectivity index (χ3v) is 6.25. The molecule has 0 spiro atoms. The molecule has 5 heteroatoms. The molecule has 3 nitrogen and oxygen atoms in total. The summed E-state index contributed by atoms with van der Waals surface area (Å²) in [5.41, 5.74) is 1.32. The Morgan fingerprint density at radius 2 is 1.39 bits per heavy atom. The molecule has 1 aromatic heterocycles. The minimum Gasteiger partial charge on any atom is -0.295 e. The average molecular weight is 466 g/mol. The molecule has 0 saturated carbocycles. The SMILES string of the molecule is CCCCCCCC/C=C\CCCCCCCc1cc(=O)n(-c2c(Cl)cccc2Cl)[nH]1. The number of H-pyrrole nitrogens is 1. The van der Waals surface area contributed by atoms with Crippen LogP contribution in [0.15, 0.2) is 41.2 Å². The number of nitrogens with zero attached hydrogens (tertiary/aromatic N) is 1. The summed E-state index contributed by atoms with van der Waals surface area (Å²) < 4.78 is 1.44. The summed E-state index contributed by atoms with van der Waals surface area (Å²) >= 11 is 12.4. The first-order valence-electron chi connectivity index (χ1n) is 12.0. The van der Waals surface area contributed by atoms with Crippen LogP contribution in [-0.4, -0.2) is 9.78 Å². The van der Waals surface area contributed by atoms with Crippen molar-refractivity contribution in [3.8, 4) is 5.69 Å². The number of aromatic nitrogens is 2. The highest BCUT2D eigenvalue weighted by molar-refractivity contribution is 6.37. The Bertz CT molecular complexity index is 818. The molecule has 0 saturated heterocycles. The minimum atomic E-state index is -0.127. The number of aromatic amines is 1. The van der Waals surface area contributed by atoms with Crippen LogP contribution in [0, 0.1) is 0 Å². The van der Waals surface area contributed by atoms with Gasteiger partial charge in [0.2, 0.25) is 0 Å². The molecule has 0 fully saturated rings. The zero-order valence-corrected chi connectivity index (χ0v) is 20.5. The monoisotopic (exact) mass is 464 g/mol. The first kappa shape index (κ1) is 25.8. The van der Waals surface area contributed by atoms with Gasteiger partial charge in [-0.15, -0.1) is 0 Å². The van der Waals surface area contributed by atoms with Gasteiger partial charge >= 0.3 is 0 Å². The van der Waals surface area contributed by atoms with E-state index >= 15 is 0 Å². The zero-order valence-electron chi connectivity index (χ0n) is 19.0. The molecule has 2 rings (SSSR count). The lowest BCUT2D eigenvalue weighted by Crippen LogP contribution is -2.14. The molecule has 0 atom stereocenters. The Morgan fingerprint density at radius 1 is 0.839 bits per heavy atom. The number of aryl methyl sites for hydroxylation is 1. The van der Waals surface area contributed by atoms with Crippen LogP contribution in [0.5, 0.6) is 0 Å². The topological polar surface area (TPSA) is 37.8 Å². The minimum absolute atomic E-state index is 0.127. The van der Waals surface area contributed by atoms with Gasteiger partial charge in [0.25, 0.3) is 5.56 Å². The van der Waals surface area contributed by atoms with E-state index in [1.54, 1.807) is 24.3 Å². The molecule has 0 bridgehead atoms. The second-order valence-corrected chi connectivity index (χ2v) is 9.17. The van der Waals surface area contributed by atoms with Gasteiger partial charge in [0.05, 0.1) is 10.0 Å². The molecule has 1 N–H and O–H groups in total. The van der Waals surface area contributed by atoms with Crippen LogP contribution in [0.25, 0.3) is 5.69 Å². The van der Waals surface area contributed by atoms with E-state index in [2.05, 4.69) is 24.2 Å². The normalized spacial score (nSPS) is 11.6. The van der Waals surface area contributed by atoms with Crippen LogP contribution in [0.1, 0.15) is 96.1 Å². The number of unbranched alkanes of at least 4 members (excludes halogenated alkanes) is 11. The maximum Gasteiger partial charge on any atom is 0.271 e. The molecule has 1 aromatic carbocycles. The van der Waals surface area contributed by atoms with Crippen molar-refractivity contribution in [2.24, 2.45) is 0 Å². The number of hydrogen-bond acceptors (Lipinski definition) is 1. The summed E-state index contributed by atoms with van der Waals surface area (Å²) in [6.07, 6.45) is 22.3. The Balaban J connectivity index is 1.55. The van der Waals surface area contributed by atoms with Crippen LogP contribution in [-0.2, 0) is 6.42 Å². The van der Waals surface area contributed by atoms with E-state index in [1.165, 1.54) is 81.7 Å². The van der Waals surface area contributed by atoms with E-state index in [-0.39, 0.29) is 5.56 Å². The fourth-order valence-electron chi connectivity index (χ4n) is 3.83. The Hall–Kier alpha value is -1.45. The second-order valence-electron chi connectivity index (χ2n) is 8.36. The summed E-state index contributed by atoms with van der Waals surface area (Å²) in [6, 6.07) is 6.89. The van der Waals surface area contributed by atoms with E-state index in [9.17, 15) is 4.79 Å².